The van der Waals surface area contributed by atoms with Crippen molar-refractivity contribution in [3.8, 4) is 6.07 Å². The first-order chi connectivity index (χ1) is 6.69. The first-order valence-corrected chi connectivity index (χ1v) is 5.23. The summed E-state index contributed by atoms with van der Waals surface area (Å²) in [4.78, 5) is 0. The van der Waals surface area contributed by atoms with E-state index in [9.17, 15) is 10.2 Å². The van der Waals surface area contributed by atoms with E-state index in [0.717, 1.165) is 0 Å². The molecular weight excluding hydrogens is 246 g/mol. The van der Waals surface area contributed by atoms with Crippen molar-refractivity contribution in [3.05, 3.63) is 35.4 Å². The van der Waals surface area contributed by atoms with Gasteiger partial charge in [0.1, 0.15) is 6.10 Å². The van der Waals surface area contributed by atoms with E-state index in [1.165, 1.54) is 0 Å². The molecule has 0 radical (unpaired) electrons. The van der Waals surface area contributed by atoms with E-state index in [4.69, 9.17) is 5.26 Å². The van der Waals surface area contributed by atoms with E-state index in [1.54, 1.807) is 24.3 Å². The molecule has 0 amide bonds. The van der Waals surface area contributed by atoms with E-state index in [0.29, 0.717) is 16.5 Å². The molecule has 0 heterocycles. The van der Waals surface area contributed by atoms with Gasteiger partial charge in [0.2, 0.25) is 0 Å². The average molecular weight is 256 g/mol. The van der Waals surface area contributed by atoms with E-state index in [-0.39, 0.29) is 0 Å². The lowest BCUT2D eigenvalue weighted by Crippen LogP contribution is -2.19. The van der Waals surface area contributed by atoms with Gasteiger partial charge >= 0.3 is 0 Å². The molecule has 2 atom stereocenters. The molecule has 0 spiro atoms. The fourth-order valence-corrected chi connectivity index (χ4v) is 1.42. The van der Waals surface area contributed by atoms with Gasteiger partial charge in [-0.2, -0.15) is 5.26 Å². The van der Waals surface area contributed by atoms with Crippen LogP contribution in [-0.2, 0) is 0 Å². The molecule has 14 heavy (non-hydrogen) atoms. The highest BCUT2D eigenvalue weighted by Crippen LogP contribution is 2.18. The first-order valence-electron chi connectivity index (χ1n) is 4.11. The fourth-order valence-electron chi connectivity index (χ4n) is 1.06. The topological polar surface area (TPSA) is 64.2 Å². The molecule has 1 rings (SSSR count). The van der Waals surface area contributed by atoms with Crippen molar-refractivity contribution < 1.29 is 10.2 Å². The third kappa shape index (κ3) is 2.55. The molecule has 1 aromatic rings. The molecule has 0 bridgehead atoms. The number of benzene rings is 1. The average Bonchev–Trinajstić information content (AvgIpc) is 2.27. The summed E-state index contributed by atoms with van der Waals surface area (Å²) >= 11 is 3.08. The predicted octanol–water partition coefficient (Wildman–Crippen LogP) is 1.35. The van der Waals surface area contributed by atoms with E-state index in [1.807, 2.05) is 6.07 Å². The van der Waals surface area contributed by atoms with Crippen molar-refractivity contribution in [2.24, 2.45) is 0 Å². The van der Waals surface area contributed by atoms with Crippen LogP contribution >= 0.6 is 15.9 Å². The van der Waals surface area contributed by atoms with Gasteiger partial charge in [-0.1, -0.05) is 28.1 Å². The molecule has 74 valence electrons. The van der Waals surface area contributed by atoms with Gasteiger partial charge in [-0.3, -0.25) is 0 Å². The molecule has 0 saturated heterocycles. The summed E-state index contributed by atoms with van der Waals surface area (Å²) < 4.78 is 0. The number of hydrogen-bond acceptors (Lipinski definition) is 3. The molecule has 0 aliphatic rings. The Morgan fingerprint density at radius 1 is 1.29 bits per heavy atom. The van der Waals surface area contributed by atoms with Crippen LogP contribution in [0, 0.1) is 11.3 Å². The zero-order valence-electron chi connectivity index (χ0n) is 7.39. The minimum absolute atomic E-state index is 0.314. The Balaban J connectivity index is 2.82. The Morgan fingerprint density at radius 3 is 2.29 bits per heavy atom. The molecule has 1 aromatic carbocycles. The molecule has 0 aromatic heterocycles. The monoisotopic (exact) mass is 255 g/mol. The summed E-state index contributed by atoms with van der Waals surface area (Å²) in [5, 5.41) is 27.8. The predicted molar refractivity (Wildman–Crippen MR) is 55.9 cm³/mol. The van der Waals surface area contributed by atoms with Crippen LogP contribution in [0.3, 0.4) is 0 Å². The number of alkyl halides is 1. The van der Waals surface area contributed by atoms with Crippen LogP contribution in [0.1, 0.15) is 17.2 Å². The summed E-state index contributed by atoms with van der Waals surface area (Å²) in [6.07, 6.45) is -1.75. The van der Waals surface area contributed by atoms with Crippen LogP contribution in [-0.4, -0.2) is 21.6 Å². The number of nitriles is 1. The van der Waals surface area contributed by atoms with Crippen molar-refractivity contribution in [1.29, 1.82) is 5.26 Å². The molecule has 0 saturated carbocycles. The highest BCUT2D eigenvalue weighted by atomic mass is 79.9. The third-order valence-corrected chi connectivity index (χ3v) is 2.57. The number of hydrogen-bond donors (Lipinski definition) is 2. The Labute approximate surface area is 90.7 Å². The van der Waals surface area contributed by atoms with Gasteiger partial charge < -0.3 is 10.2 Å². The maximum absolute atomic E-state index is 9.59. The summed E-state index contributed by atoms with van der Waals surface area (Å²) in [7, 11) is 0. The lowest BCUT2D eigenvalue weighted by atomic mass is 10.0. The number of aliphatic hydroxyl groups is 2. The largest absolute Gasteiger partial charge is 0.389 e. The zero-order valence-corrected chi connectivity index (χ0v) is 8.98. The van der Waals surface area contributed by atoms with Crippen molar-refractivity contribution >= 4 is 15.9 Å². The fraction of sp³-hybridized carbons (Fsp3) is 0.300. The normalized spacial score (nSPS) is 14.4. The molecule has 3 nitrogen and oxygen atoms in total. The van der Waals surface area contributed by atoms with Crippen LogP contribution in [0.4, 0.5) is 0 Å². The van der Waals surface area contributed by atoms with E-state index >= 15 is 0 Å². The third-order valence-electron chi connectivity index (χ3n) is 1.90. The van der Waals surface area contributed by atoms with Crippen LogP contribution in [0.15, 0.2) is 24.3 Å². The quantitative estimate of drug-likeness (QED) is 0.802. The van der Waals surface area contributed by atoms with Crippen molar-refractivity contribution in [2.75, 3.05) is 5.33 Å². The summed E-state index contributed by atoms with van der Waals surface area (Å²) in [5.74, 6) is 0. The maximum Gasteiger partial charge on any atom is 0.106 e. The Morgan fingerprint density at radius 2 is 1.86 bits per heavy atom. The zero-order chi connectivity index (χ0) is 10.6. The lowest BCUT2D eigenvalue weighted by molar-refractivity contribution is 0.0343. The molecule has 4 heteroatoms. The van der Waals surface area contributed by atoms with Crippen molar-refractivity contribution in [3.63, 3.8) is 0 Å². The van der Waals surface area contributed by atoms with Gasteiger partial charge in [-0.25, -0.2) is 0 Å². The first kappa shape index (κ1) is 11.2. The van der Waals surface area contributed by atoms with E-state index in [2.05, 4.69) is 15.9 Å². The van der Waals surface area contributed by atoms with Crippen LogP contribution in [0.2, 0.25) is 0 Å². The van der Waals surface area contributed by atoms with Gasteiger partial charge in [0, 0.05) is 5.33 Å². The maximum atomic E-state index is 9.59. The van der Waals surface area contributed by atoms with Gasteiger partial charge in [0.25, 0.3) is 0 Å². The van der Waals surface area contributed by atoms with Crippen LogP contribution in [0.5, 0.6) is 0 Å². The number of rotatable bonds is 3. The molecular formula is C10H10BrNO2. The second-order valence-electron chi connectivity index (χ2n) is 2.90. The number of nitrogens with zero attached hydrogens (tertiary/aromatic N) is 1. The SMILES string of the molecule is N#Cc1ccc(C(O)C(O)CBr)cc1. The summed E-state index contributed by atoms with van der Waals surface area (Å²) in [5.41, 5.74) is 1.14. The Hall–Kier alpha value is -0.890. The summed E-state index contributed by atoms with van der Waals surface area (Å²) in [6.45, 7) is 0. The number of aliphatic hydroxyl groups excluding tert-OH is 2. The van der Waals surface area contributed by atoms with E-state index < -0.39 is 12.2 Å². The van der Waals surface area contributed by atoms with Crippen molar-refractivity contribution in [1.82, 2.24) is 0 Å². The molecule has 0 fully saturated rings. The second-order valence-corrected chi connectivity index (χ2v) is 3.55. The molecule has 0 aliphatic heterocycles. The molecule has 2 unspecified atom stereocenters. The van der Waals surface area contributed by atoms with Gasteiger partial charge in [-0.05, 0) is 17.7 Å². The van der Waals surface area contributed by atoms with Gasteiger partial charge in [-0.15, -0.1) is 0 Å². The summed E-state index contributed by atoms with van der Waals surface area (Å²) in [6, 6.07) is 8.47. The Bertz CT molecular complexity index is 331. The molecule has 2 N–H and O–H groups in total. The highest BCUT2D eigenvalue weighted by Gasteiger charge is 2.16. The van der Waals surface area contributed by atoms with Gasteiger partial charge in [0.15, 0.2) is 0 Å². The number of halogens is 1. The molecule has 0 aliphatic carbocycles. The highest BCUT2D eigenvalue weighted by molar-refractivity contribution is 9.09. The minimum Gasteiger partial charge on any atom is -0.389 e. The minimum atomic E-state index is -0.915. The Kier molecular flexibility index (Phi) is 4.08. The lowest BCUT2D eigenvalue weighted by Gasteiger charge is -2.15. The van der Waals surface area contributed by atoms with Crippen LogP contribution < -0.4 is 0 Å². The van der Waals surface area contributed by atoms with Gasteiger partial charge in [0.05, 0.1) is 17.7 Å². The standard InChI is InChI=1S/C10H10BrNO2/c11-5-9(13)10(14)8-3-1-7(6-12)2-4-8/h1-4,9-10,13-14H,5H2. The second kappa shape index (κ2) is 5.11. The smallest absolute Gasteiger partial charge is 0.106 e. The van der Waals surface area contributed by atoms with Crippen molar-refractivity contribution in [2.45, 2.75) is 12.2 Å². The van der Waals surface area contributed by atoms with Crippen LogP contribution in [0.25, 0.3) is 0 Å².